The van der Waals surface area contributed by atoms with Crippen LogP contribution >= 0.6 is 0 Å². The van der Waals surface area contributed by atoms with Crippen molar-refractivity contribution in [3.05, 3.63) is 25.1 Å². The fourth-order valence-corrected chi connectivity index (χ4v) is 0.489. The molecule has 0 amide bonds. The summed E-state index contributed by atoms with van der Waals surface area (Å²) in [6.45, 7) is 0. The van der Waals surface area contributed by atoms with E-state index >= 15 is 0 Å². The Morgan fingerprint density at radius 3 is 3.00 bits per heavy atom. The molecule has 1 atom stereocenters. The molecule has 0 aliphatic heterocycles. The Morgan fingerprint density at radius 2 is 2.56 bits per heavy atom. The molecule has 0 fully saturated rings. The second-order valence-corrected chi connectivity index (χ2v) is 1.53. The van der Waals surface area contributed by atoms with Crippen molar-refractivity contribution in [1.82, 2.24) is 9.55 Å². The Bertz CT molecular complexity index is 209. The van der Waals surface area contributed by atoms with E-state index in [4.69, 9.17) is 11.5 Å². The summed E-state index contributed by atoms with van der Waals surface area (Å²) in [6.07, 6.45) is 10.1. The predicted octanol–water partition coefficient (Wildman–Crippen LogP) is -0.0362. The standard InChI is InChI=1S/C6H5N2O/c1-2-6(9)8-4-3-7-5-8/h3-6,9H/t6-/m0/s1. The van der Waals surface area contributed by atoms with Crippen LogP contribution in [0.15, 0.2) is 18.7 Å². The monoisotopic (exact) mass is 121 g/mol. The number of nitrogens with zero attached hydrogens (tertiary/aromatic N) is 2. The molecule has 0 saturated heterocycles. The molecule has 1 aromatic rings. The lowest BCUT2D eigenvalue weighted by atomic mass is 10.6. The van der Waals surface area contributed by atoms with Crippen LogP contribution in [-0.4, -0.2) is 14.7 Å². The summed E-state index contributed by atoms with van der Waals surface area (Å²) < 4.78 is 1.37. The van der Waals surface area contributed by atoms with Crippen LogP contribution in [0.1, 0.15) is 6.23 Å². The van der Waals surface area contributed by atoms with Crippen LogP contribution in [0.5, 0.6) is 0 Å². The van der Waals surface area contributed by atoms with Gasteiger partial charge in [-0.05, 0) is 12.3 Å². The van der Waals surface area contributed by atoms with Gasteiger partial charge in [0, 0.05) is 12.4 Å². The number of aromatic nitrogens is 2. The van der Waals surface area contributed by atoms with E-state index in [1.165, 1.54) is 17.1 Å². The third-order valence-corrected chi connectivity index (χ3v) is 0.936. The van der Waals surface area contributed by atoms with Crippen LogP contribution in [0, 0.1) is 12.3 Å². The van der Waals surface area contributed by atoms with Crippen molar-refractivity contribution >= 4 is 0 Å². The highest BCUT2D eigenvalue weighted by Crippen LogP contribution is 1.96. The number of imidazole rings is 1. The second kappa shape index (κ2) is 2.33. The summed E-state index contributed by atoms with van der Waals surface area (Å²) in [5.41, 5.74) is 0. The molecule has 3 heteroatoms. The summed E-state index contributed by atoms with van der Waals surface area (Å²) in [4.78, 5) is 3.67. The van der Waals surface area contributed by atoms with Gasteiger partial charge in [0.25, 0.3) is 0 Å². The van der Waals surface area contributed by atoms with Gasteiger partial charge >= 0.3 is 0 Å². The Morgan fingerprint density at radius 1 is 1.78 bits per heavy atom. The average molecular weight is 121 g/mol. The van der Waals surface area contributed by atoms with Gasteiger partial charge in [0.2, 0.25) is 0 Å². The number of hydrogen-bond donors (Lipinski definition) is 1. The Labute approximate surface area is 53.0 Å². The van der Waals surface area contributed by atoms with E-state index in [-0.39, 0.29) is 0 Å². The molecule has 1 rings (SSSR count). The first-order valence-electron chi connectivity index (χ1n) is 2.42. The minimum Gasteiger partial charge on any atom is -0.363 e. The summed E-state index contributed by atoms with van der Waals surface area (Å²) >= 11 is 0. The molecule has 3 nitrogen and oxygen atoms in total. The molecule has 0 saturated carbocycles. The quantitative estimate of drug-likeness (QED) is 0.529. The topological polar surface area (TPSA) is 38.0 Å². The molecule has 1 radical (unpaired) electrons. The molecular weight excluding hydrogens is 116 g/mol. The predicted molar refractivity (Wildman–Crippen MR) is 30.6 cm³/mol. The lowest BCUT2D eigenvalue weighted by Gasteiger charge is -2.00. The van der Waals surface area contributed by atoms with E-state index in [9.17, 15) is 0 Å². The van der Waals surface area contributed by atoms with E-state index < -0.39 is 6.23 Å². The Hall–Kier alpha value is -1.27. The highest BCUT2D eigenvalue weighted by atomic mass is 16.3. The number of rotatable bonds is 1. The maximum atomic E-state index is 8.84. The first kappa shape index (κ1) is 5.86. The molecule has 0 unspecified atom stereocenters. The van der Waals surface area contributed by atoms with Gasteiger partial charge in [-0.1, -0.05) is 0 Å². The van der Waals surface area contributed by atoms with Crippen molar-refractivity contribution in [2.75, 3.05) is 0 Å². The van der Waals surface area contributed by atoms with Crippen molar-refractivity contribution in [3.63, 3.8) is 0 Å². The van der Waals surface area contributed by atoms with Crippen molar-refractivity contribution in [2.24, 2.45) is 0 Å². The second-order valence-electron chi connectivity index (χ2n) is 1.53. The molecule has 0 spiro atoms. The fourth-order valence-electron chi connectivity index (χ4n) is 0.489. The van der Waals surface area contributed by atoms with E-state index in [2.05, 4.69) is 4.98 Å². The zero-order valence-electron chi connectivity index (χ0n) is 4.65. The molecule has 9 heavy (non-hydrogen) atoms. The summed E-state index contributed by atoms with van der Waals surface area (Å²) in [7, 11) is 0. The van der Waals surface area contributed by atoms with Crippen LogP contribution in [0.25, 0.3) is 0 Å². The largest absolute Gasteiger partial charge is 0.363 e. The Balaban J connectivity index is 2.80. The molecular formula is C6H5N2O. The zero-order valence-corrected chi connectivity index (χ0v) is 4.65. The van der Waals surface area contributed by atoms with Gasteiger partial charge in [-0.2, -0.15) is 0 Å². The van der Waals surface area contributed by atoms with Crippen molar-refractivity contribution in [1.29, 1.82) is 0 Å². The van der Waals surface area contributed by atoms with Gasteiger partial charge < -0.3 is 9.67 Å². The molecule has 1 heterocycles. The van der Waals surface area contributed by atoms with E-state index in [1.807, 2.05) is 5.92 Å². The van der Waals surface area contributed by atoms with Crippen LogP contribution in [0.4, 0.5) is 0 Å². The molecule has 0 bridgehead atoms. The third kappa shape index (κ3) is 1.09. The van der Waals surface area contributed by atoms with Crippen LogP contribution < -0.4 is 0 Å². The zero-order chi connectivity index (χ0) is 6.69. The van der Waals surface area contributed by atoms with Crippen molar-refractivity contribution < 1.29 is 5.11 Å². The third-order valence-electron chi connectivity index (χ3n) is 0.936. The summed E-state index contributed by atoms with van der Waals surface area (Å²) in [5.74, 6) is 1.90. The smallest absolute Gasteiger partial charge is 0.196 e. The Kier molecular flexibility index (Phi) is 1.52. The SMILES string of the molecule is [C]#C[C@H](O)n1ccnc1. The lowest BCUT2D eigenvalue weighted by Crippen LogP contribution is -2.01. The lowest BCUT2D eigenvalue weighted by molar-refractivity contribution is 0.164. The minimum atomic E-state index is -0.993. The van der Waals surface area contributed by atoms with Crippen molar-refractivity contribution in [3.8, 4) is 5.92 Å². The molecule has 1 aromatic heterocycles. The molecule has 0 aliphatic rings. The number of hydrogen-bond acceptors (Lipinski definition) is 2. The van der Waals surface area contributed by atoms with Crippen molar-refractivity contribution in [2.45, 2.75) is 6.23 Å². The van der Waals surface area contributed by atoms with Gasteiger partial charge in [0.15, 0.2) is 6.23 Å². The minimum absolute atomic E-state index is 0.993. The molecule has 45 valence electrons. The highest BCUT2D eigenvalue weighted by Gasteiger charge is 1.96. The number of aliphatic hydroxyl groups is 1. The van der Waals surface area contributed by atoms with E-state index in [1.54, 1.807) is 6.20 Å². The van der Waals surface area contributed by atoms with Gasteiger partial charge in [-0.15, -0.1) is 0 Å². The van der Waals surface area contributed by atoms with Gasteiger partial charge in [0.05, 0.1) is 6.33 Å². The maximum absolute atomic E-state index is 8.84. The molecule has 0 aliphatic carbocycles. The van der Waals surface area contributed by atoms with Crippen LogP contribution in [0.3, 0.4) is 0 Å². The first-order chi connectivity index (χ1) is 4.34. The normalized spacial score (nSPS) is 12.4. The van der Waals surface area contributed by atoms with E-state index in [0.717, 1.165) is 0 Å². The van der Waals surface area contributed by atoms with Crippen LogP contribution in [0.2, 0.25) is 0 Å². The summed E-state index contributed by atoms with van der Waals surface area (Å²) in [6, 6.07) is 0. The fraction of sp³-hybridized carbons (Fsp3) is 0.167. The van der Waals surface area contributed by atoms with Gasteiger partial charge in [-0.3, -0.25) is 0 Å². The van der Waals surface area contributed by atoms with Crippen LogP contribution in [-0.2, 0) is 0 Å². The average Bonchev–Trinajstić information content (AvgIpc) is 2.37. The maximum Gasteiger partial charge on any atom is 0.196 e. The summed E-state index contributed by atoms with van der Waals surface area (Å²) in [5, 5.41) is 8.84. The first-order valence-corrected chi connectivity index (χ1v) is 2.42. The molecule has 0 aromatic carbocycles. The highest BCUT2D eigenvalue weighted by molar-refractivity contribution is 4.88. The number of aliphatic hydroxyl groups excluding tert-OH is 1. The molecule has 1 N–H and O–H groups in total. The van der Waals surface area contributed by atoms with Gasteiger partial charge in [-0.25, -0.2) is 4.98 Å². The van der Waals surface area contributed by atoms with Gasteiger partial charge in [0.1, 0.15) is 0 Å². The van der Waals surface area contributed by atoms with E-state index in [0.29, 0.717) is 0 Å².